The lowest BCUT2D eigenvalue weighted by Crippen LogP contribution is -2.46. The van der Waals surface area contributed by atoms with E-state index in [2.05, 4.69) is 0 Å². The van der Waals surface area contributed by atoms with E-state index in [1.165, 1.54) is 0 Å². The van der Waals surface area contributed by atoms with Gasteiger partial charge in [-0.05, 0) is 24.3 Å². The van der Waals surface area contributed by atoms with Crippen LogP contribution in [0.5, 0.6) is 0 Å². The van der Waals surface area contributed by atoms with E-state index in [1.54, 1.807) is 4.72 Å². The van der Waals surface area contributed by atoms with Gasteiger partial charge in [-0.15, -0.1) is 0 Å². The molecule has 0 aromatic heterocycles. The van der Waals surface area contributed by atoms with Crippen molar-refractivity contribution in [3.8, 4) is 0 Å². The fourth-order valence-electron chi connectivity index (χ4n) is 1.41. The van der Waals surface area contributed by atoms with Crippen LogP contribution in [0.3, 0.4) is 0 Å². The third-order valence-electron chi connectivity index (χ3n) is 2.75. The van der Waals surface area contributed by atoms with Crippen LogP contribution < -0.4 is 4.72 Å². The quantitative estimate of drug-likeness (QED) is 0.812. The van der Waals surface area contributed by atoms with Gasteiger partial charge in [-0.3, -0.25) is 0 Å². The highest BCUT2D eigenvalue weighted by molar-refractivity contribution is 7.89. The Kier molecular flexibility index (Phi) is 5.11. The predicted molar refractivity (Wildman–Crippen MR) is 62.8 cm³/mol. The number of alkyl halides is 3. The first-order valence-corrected chi connectivity index (χ1v) is 7.01. The number of halogens is 4. The van der Waals surface area contributed by atoms with E-state index in [0.717, 1.165) is 31.2 Å². The van der Waals surface area contributed by atoms with Crippen molar-refractivity contribution in [3.05, 3.63) is 30.1 Å². The van der Waals surface area contributed by atoms with Crippen LogP contribution in [-0.4, -0.2) is 32.3 Å². The van der Waals surface area contributed by atoms with Gasteiger partial charge in [0.05, 0.1) is 23.5 Å². The van der Waals surface area contributed by atoms with Gasteiger partial charge in [-0.1, -0.05) is 6.92 Å². The second-order valence-corrected chi connectivity index (χ2v) is 5.91. The topological polar surface area (TPSA) is 66.4 Å². The Morgan fingerprint density at radius 1 is 1.25 bits per heavy atom. The van der Waals surface area contributed by atoms with Crippen LogP contribution in [-0.2, 0) is 10.0 Å². The van der Waals surface area contributed by atoms with Crippen molar-refractivity contribution >= 4 is 10.0 Å². The minimum atomic E-state index is -4.65. The summed E-state index contributed by atoms with van der Waals surface area (Å²) < 4.78 is 75.7. The predicted octanol–water partition coefficient (Wildman–Crippen LogP) is 1.66. The number of hydrogen-bond donors (Lipinski definition) is 2. The molecule has 20 heavy (non-hydrogen) atoms. The lowest BCUT2D eigenvalue weighted by atomic mass is 10.0. The van der Waals surface area contributed by atoms with E-state index in [0.29, 0.717) is 0 Å². The van der Waals surface area contributed by atoms with Gasteiger partial charge in [0, 0.05) is 0 Å². The Hall–Kier alpha value is -1.19. The van der Waals surface area contributed by atoms with Crippen LogP contribution >= 0.6 is 0 Å². The highest BCUT2D eigenvalue weighted by Gasteiger charge is 2.42. The molecule has 0 aliphatic carbocycles. The number of rotatable bonds is 5. The SMILES string of the molecule is C[C@@H]([C@@H](CO)NS(=O)(=O)c1ccc(F)cc1)C(F)(F)F. The Labute approximate surface area is 113 Å². The molecule has 0 heterocycles. The van der Waals surface area contributed by atoms with E-state index >= 15 is 0 Å². The number of nitrogens with one attached hydrogen (secondary N) is 1. The Morgan fingerprint density at radius 3 is 2.15 bits per heavy atom. The molecule has 0 radical (unpaired) electrons. The molecule has 0 bridgehead atoms. The molecule has 114 valence electrons. The summed E-state index contributed by atoms with van der Waals surface area (Å²) in [5.74, 6) is -2.74. The van der Waals surface area contributed by atoms with Crippen LogP contribution in [0.15, 0.2) is 29.2 Å². The summed E-state index contributed by atoms with van der Waals surface area (Å²) in [7, 11) is -4.27. The summed E-state index contributed by atoms with van der Waals surface area (Å²) in [5, 5.41) is 8.93. The highest BCUT2D eigenvalue weighted by atomic mass is 32.2. The van der Waals surface area contributed by atoms with Gasteiger partial charge in [-0.25, -0.2) is 17.5 Å². The fourth-order valence-corrected chi connectivity index (χ4v) is 2.71. The van der Waals surface area contributed by atoms with E-state index < -0.39 is 40.6 Å². The molecule has 1 rings (SSSR count). The lowest BCUT2D eigenvalue weighted by Gasteiger charge is -2.25. The van der Waals surface area contributed by atoms with E-state index in [1.807, 2.05) is 0 Å². The van der Waals surface area contributed by atoms with Gasteiger partial charge < -0.3 is 5.11 Å². The highest BCUT2D eigenvalue weighted by Crippen LogP contribution is 2.29. The number of benzene rings is 1. The Balaban J connectivity index is 2.96. The average Bonchev–Trinajstić information content (AvgIpc) is 2.34. The smallest absolute Gasteiger partial charge is 0.393 e. The van der Waals surface area contributed by atoms with Crippen molar-refractivity contribution in [1.82, 2.24) is 4.72 Å². The standard InChI is InChI=1S/C11H13F4NO3S/c1-7(11(13,14)15)10(6-17)16-20(18,19)9-4-2-8(12)3-5-9/h2-5,7,10,16-17H,6H2,1H3/t7-,10+/m0/s1. The van der Waals surface area contributed by atoms with Crippen LogP contribution in [0.25, 0.3) is 0 Å². The van der Waals surface area contributed by atoms with Crippen LogP contribution in [0, 0.1) is 11.7 Å². The zero-order valence-electron chi connectivity index (χ0n) is 10.4. The maximum Gasteiger partial charge on any atom is 0.393 e. The average molecular weight is 315 g/mol. The van der Waals surface area contributed by atoms with Crippen molar-refractivity contribution in [1.29, 1.82) is 0 Å². The van der Waals surface area contributed by atoms with Gasteiger partial charge in [0.25, 0.3) is 0 Å². The van der Waals surface area contributed by atoms with Gasteiger partial charge in [0.1, 0.15) is 5.82 Å². The summed E-state index contributed by atoms with van der Waals surface area (Å²) in [6.45, 7) is -0.255. The molecular formula is C11H13F4NO3S. The van der Waals surface area contributed by atoms with Crippen molar-refractivity contribution < 1.29 is 31.1 Å². The first kappa shape index (κ1) is 16.9. The lowest BCUT2D eigenvalue weighted by molar-refractivity contribution is -0.178. The maximum atomic E-state index is 12.7. The molecule has 0 unspecified atom stereocenters. The van der Waals surface area contributed by atoms with E-state index in [4.69, 9.17) is 5.11 Å². The Bertz CT molecular complexity index is 542. The van der Waals surface area contributed by atoms with Crippen LogP contribution in [0.4, 0.5) is 17.6 Å². The molecule has 1 aromatic carbocycles. The molecule has 0 saturated heterocycles. The zero-order valence-corrected chi connectivity index (χ0v) is 11.2. The molecular weight excluding hydrogens is 302 g/mol. The molecule has 0 saturated carbocycles. The molecule has 0 aliphatic heterocycles. The summed E-state index contributed by atoms with van der Waals surface area (Å²) in [4.78, 5) is -0.383. The van der Waals surface area contributed by atoms with Crippen molar-refractivity contribution in [2.24, 2.45) is 5.92 Å². The molecule has 2 atom stereocenters. The summed E-state index contributed by atoms with van der Waals surface area (Å²) in [6.07, 6.45) is -4.65. The van der Waals surface area contributed by atoms with Gasteiger partial charge in [-0.2, -0.15) is 13.2 Å². The minimum Gasteiger partial charge on any atom is -0.395 e. The minimum absolute atomic E-state index is 0.383. The van der Waals surface area contributed by atoms with Crippen LogP contribution in [0.1, 0.15) is 6.92 Å². The van der Waals surface area contributed by atoms with Crippen molar-refractivity contribution in [3.63, 3.8) is 0 Å². The first-order chi connectivity index (χ1) is 9.08. The molecule has 2 N–H and O–H groups in total. The third-order valence-corrected chi connectivity index (χ3v) is 4.25. The molecule has 9 heteroatoms. The first-order valence-electron chi connectivity index (χ1n) is 5.53. The monoisotopic (exact) mass is 315 g/mol. The molecule has 1 aromatic rings. The number of aliphatic hydroxyl groups is 1. The second kappa shape index (κ2) is 6.06. The van der Waals surface area contributed by atoms with Crippen molar-refractivity contribution in [2.45, 2.75) is 24.0 Å². The van der Waals surface area contributed by atoms with Gasteiger partial charge in [0.2, 0.25) is 10.0 Å². The number of sulfonamides is 1. The fraction of sp³-hybridized carbons (Fsp3) is 0.455. The third kappa shape index (κ3) is 4.15. The van der Waals surface area contributed by atoms with Crippen molar-refractivity contribution in [2.75, 3.05) is 6.61 Å². The van der Waals surface area contributed by atoms with Gasteiger partial charge in [0.15, 0.2) is 0 Å². The molecule has 0 aliphatic rings. The van der Waals surface area contributed by atoms with E-state index in [9.17, 15) is 26.0 Å². The second-order valence-electron chi connectivity index (χ2n) is 4.19. The van der Waals surface area contributed by atoms with Gasteiger partial charge >= 0.3 is 6.18 Å². The maximum absolute atomic E-state index is 12.7. The molecule has 0 amide bonds. The normalized spacial score (nSPS) is 15.9. The Morgan fingerprint density at radius 2 is 1.75 bits per heavy atom. The summed E-state index contributed by atoms with van der Waals surface area (Å²) in [5.41, 5.74) is 0. The summed E-state index contributed by atoms with van der Waals surface area (Å²) >= 11 is 0. The molecule has 0 fully saturated rings. The number of hydrogen-bond acceptors (Lipinski definition) is 3. The number of aliphatic hydroxyl groups excluding tert-OH is 1. The summed E-state index contributed by atoms with van der Waals surface area (Å²) in [6, 6.07) is 1.87. The molecule has 4 nitrogen and oxygen atoms in total. The van der Waals surface area contributed by atoms with E-state index in [-0.39, 0.29) is 4.90 Å². The largest absolute Gasteiger partial charge is 0.395 e. The van der Waals surface area contributed by atoms with Crippen LogP contribution in [0.2, 0.25) is 0 Å². The zero-order chi connectivity index (χ0) is 15.6. The molecule has 0 spiro atoms.